The Labute approximate surface area is 103 Å². The average molecular weight is 238 g/mol. The molecule has 0 saturated heterocycles. The lowest BCUT2D eigenvalue weighted by atomic mass is 10.2. The van der Waals surface area contributed by atoms with Crippen molar-refractivity contribution in [3.63, 3.8) is 0 Å². The molecule has 0 saturated carbocycles. The number of hydrogen-bond acceptors (Lipinski definition) is 4. The molecule has 0 atom stereocenters. The Kier molecular flexibility index (Phi) is 5.80. The van der Waals surface area contributed by atoms with Crippen molar-refractivity contribution in [2.24, 2.45) is 0 Å². The first-order chi connectivity index (χ1) is 8.13. The number of phenolic OH excluding ortho intramolecular Hbond substituents is 1. The van der Waals surface area contributed by atoms with Gasteiger partial charge in [-0.05, 0) is 38.7 Å². The number of phenols is 1. The monoisotopic (exact) mass is 238 g/mol. The van der Waals surface area contributed by atoms with Crippen LogP contribution in [0.15, 0.2) is 18.2 Å². The zero-order valence-electron chi connectivity index (χ0n) is 10.9. The van der Waals surface area contributed by atoms with E-state index < -0.39 is 0 Å². The van der Waals surface area contributed by atoms with Crippen LogP contribution < -0.4 is 10.1 Å². The quantitative estimate of drug-likeness (QED) is 0.706. The Balaban J connectivity index is 2.45. The molecule has 0 heterocycles. The maximum absolute atomic E-state index is 9.56. The third-order valence-corrected chi connectivity index (χ3v) is 2.39. The summed E-state index contributed by atoms with van der Waals surface area (Å²) in [5.74, 6) is 0.753. The lowest BCUT2D eigenvalue weighted by Crippen LogP contribution is -2.26. The highest BCUT2D eigenvalue weighted by Crippen LogP contribution is 2.26. The van der Waals surface area contributed by atoms with Gasteiger partial charge in [-0.15, -0.1) is 0 Å². The SMILES string of the molecule is CCOc1cc(CNCCN(C)C)ccc1O. The van der Waals surface area contributed by atoms with E-state index >= 15 is 0 Å². The minimum Gasteiger partial charge on any atom is -0.504 e. The van der Waals surface area contributed by atoms with Gasteiger partial charge in [-0.25, -0.2) is 0 Å². The van der Waals surface area contributed by atoms with Crippen LogP contribution in [0.4, 0.5) is 0 Å². The van der Waals surface area contributed by atoms with E-state index in [1.54, 1.807) is 6.07 Å². The van der Waals surface area contributed by atoms with Crippen molar-refractivity contribution in [3.8, 4) is 11.5 Å². The van der Waals surface area contributed by atoms with Gasteiger partial charge in [-0.1, -0.05) is 6.07 Å². The molecule has 0 aromatic heterocycles. The van der Waals surface area contributed by atoms with Crippen molar-refractivity contribution in [2.45, 2.75) is 13.5 Å². The van der Waals surface area contributed by atoms with Crippen molar-refractivity contribution < 1.29 is 9.84 Å². The smallest absolute Gasteiger partial charge is 0.161 e. The molecule has 4 heteroatoms. The van der Waals surface area contributed by atoms with Gasteiger partial charge in [0.25, 0.3) is 0 Å². The average Bonchev–Trinajstić information content (AvgIpc) is 2.28. The fraction of sp³-hybridized carbons (Fsp3) is 0.538. The van der Waals surface area contributed by atoms with Gasteiger partial charge in [0.05, 0.1) is 6.61 Å². The molecule has 2 N–H and O–H groups in total. The molecule has 0 bridgehead atoms. The Morgan fingerprint density at radius 1 is 1.35 bits per heavy atom. The normalized spacial score (nSPS) is 10.8. The highest BCUT2D eigenvalue weighted by Gasteiger charge is 2.03. The predicted octanol–water partition coefficient (Wildman–Crippen LogP) is 1.44. The molecular formula is C13H22N2O2. The molecule has 1 aromatic rings. The Bertz CT molecular complexity index is 340. The Hall–Kier alpha value is -1.26. The van der Waals surface area contributed by atoms with Gasteiger partial charge in [-0.2, -0.15) is 0 Å². The van der Waals surface area contributed by atoms with E-state index in [0.717, 1.165) is 25.2 Å². The van der Waals surface area contributed by atoms with Crippen LogP contribution in [0.1, 0.15) is 12.5 Å². The Morgan fingerprint density at radius 2 is 2.12 bits per heavy atom. The third-order valence-electron chi connectivity index (χ3n) is 2.39. The molecule has 1 rings (SSSR count). The summed E-state index contributed by atoms with van der Waals surface area (Å²) in [6.45, 7) is 5.20. The lowest BCUT2D eigenvalue weighted by molar-refractivity contribution is 0.317. The first-order valence-electron chi connectivity index (χ1n) is 5.93. The van der Waals surface area contributed by atoms with Gasteiger partial charge in [0, 0.05) is 19.6 Å². The summed E-state index contributed by atoms with van der Waals surface area (Å²) in [5, 5.41) is 12.9. The van der Waals surface area contributed by atoms with E-state index in [4.69, 9.17) is 4.74 Å². The van der Waals surface area contributed by atoms with Crippen molar-refractivity contribution in [2.75, 3.05) is 33.8 Å². The number of rotatable bonds is 7. The minimum absolute atomic E-state index is 0.198. The van der Waals surface area contributed by atoms with Gasteiger partial charge >= 0.3 is 0 Å². The summed E-state index contributed by atoms with van der Waals surface area (Å²) >= 11 is 0. The fourth-order valence-corrected chi connectivity index (χ4v) is 1.48. The molecule has 0 aliphatic heterocycles. The van der Waals surface area contributed by atoms with E-state index in [-0.39, 0.29) is 5.75 Å². The topological polar surface area (TPSA) is 44.7 Å². The van der Waals surface area contributed by atoms with Gasteiger partial charge in [0.1, 0.15) is 0 Å². The summed E-state index contributed by atoms with van der Waals surface area (Å²) in [5.41, 5.74) is 1.12. The molecule has 96 valence electrons. The summed E-state index contributed by atoms with van der Waals surface area (Å²) in [6.07, 6.45) is 0. The molecular weight excluding hydrogens is 216 g/mol. The molecule has 1 aromatic carbocycles. The molecule has 0 radical (unpaired) electrons. The van der Waals surface area contributed by atoms with Crippen molar-refractivity contribution in [1.29, 1.82) is 0 Å². The maximum atomic E-state index is 9.56. The largest absolute Gasteiger partial charge is 0.504 e. The number of hydrogen-bond donors (Lipinski definition) is 2. The van der Waals surface area contributed by atoms with E-state index in [1.807, 2.05) is 19.1 Å². The molecule has 0 amide bonds. The second kappa shape index (κ2) is 7.14. The van der Waals surface area contributed by atoms with Crippen LogP contribution in [-0.2, 0) is 6.54 Å². The molecule has 0 fully saturated rings. The summed E-state index contributed by atoms with van der Waals surface area (Å²) in [6, 6.07) is 5.45. The first kappa shape index (κ1) is 13.8. The highest BCUT2D eigenvalue weighted by atomic mass is 16.5. The van der Waals surface area contributed by atoms with Gasteiger partial charge in [0.15, 0.2) is 11.5 Å². The second-order valence-electron chi connectivity index (χ2n) is 4.22. The highest BCUT2D eigenvalue weighted by molar-refractivity contribution is 5.41. The van der Waals surface area contributed by atoms with Crippen molar-refractivity contribution in [1.82, 2.24) is 10.2 Å². The number of ether oxygens (including phenoxy) is 1. The van der Waals surface area contributed by atoms with Crippen LogP contribution in [0, 0.1) is 0 Å². The summed E-state index contributed by atoms with van der Waals surface area (Å²) in [7, 11) is 4.10. The number of benzene rings is 1. The lowest BCUT2D eigenvalue weighted by Gasteiger charge is -2.11. The Morgan fingerprint density at radius 3 is 2.76 bits per heavy atom. The van der Waals surface area contributed by atoms with Gasteiger partial charge in [-0.3, -0.25) is 0 Å². The van der Waals surface area contributed by atoms with E-state index in [2.05, 4.69) is 24.3 Å². The van der Waals surface area contributed by atoms with Crippen LogP contribution >= 0.6 is 0 Å². The third kappa shape index (κ3) is 5.06. The standard InChI is InChI=1S/C13H22N2O2/c1-4-17-13-9-11(5-6-12(13)16)10-14-7-8-15(2)3/h5-6,9,14,16H,4,7-8,10H2,1-3H3. The van der Waals surface area contributed by atoms with Crippen molar-refractivity contribution >= 4 is 0 Å². The van der Waals surface area contributed by atoms with Crippen LogP contribution in [0.25, 0.3) is 0 Å². The van der Waals surface area contributed by atoms with E-state index in [1.165, 1.54) is 0 Å². The van der Waals surface area contributed by atoms with Crippen LogP contribution in [0.2, 0.25) is 0 Å². The maximum Gasteiger partial charge on any atom is 0.161 e. The zero-order valence-corrected chi connectivity index (χ0v) is 10.9. The molecule has 0 aliphatic rings. The number of nitrogens with one attached hydrogen (secondary N) is 1. The van der Waals surface area contributed by atoms with Crippen LogP contribution in [0.5, 0.6) is 11.5 Å². The number of aromatic hydroxyl groups is 1. The summed E-state index contributed by atoms with van der Waals surface area (Å²) in [4.78, 5) is 2.13. The minimum atomic E-state index is 0.198. The molecule has 0 unspecified atom stereocenters. The molecule has 0 aliphatic carbocycles. The van der Waals surface area contributed by atoms with E-state index in [9.17, 15) is 5.11 Å². The number of nitrogens with zero attached hydrogens (tertiary/aromatic N) is 1. The molecule has 0 spiro atoms. The van der Waals surface area contributed by atoms with Crippen LogP contribution in [0.3, 0.4) is 0 Å². The predicted molar refractivity (Wildman–Crippen MR) is 69.5 cm³/mol. The fourth-order valence-electron chi connectivity index (χ4n) is 1.48. The van der Waals surface area contributed by atoms with Crippen molar-refractivity contribution in [3.05, 3.63) is 23.8 Å². The second-order valence-corrected chi connectivity index (χ2v) is 4.22. The van der Waals surface area contributed by atoms with E-state index in [0.29, 0.717) is 12.4 Å². The molecule has 17 heavy (non-hydrogen) atoms. The summed E-state index contributed by atoms with van der Waals surface area (Å²) < 4.78 is 5.34. The number of likely N-dealkylation sites (N-methyl/N-ethyl adjacent to an activating group) is 1. The van der Waals surface area contributed by atoms with Crippen LogP contribution in [-0.4, -0.2) is 43.8 Å². The van der Waals surface area contributed by atoms with Gasteiger partial charge < -0.3 is 20.1 Å². The molecule has 4 nitrogen and oxygen atoms in total. The first-order valence-corrected chi connectivity index (χ1v) is 5.93. The van der Waals surface area contributed by atoms with Gasteiger partial charge in [0.2, 0.25) is 0 Å². The zero-order chi connectivity index (χ0) is 12.7.